The topological polar surface area (TPSA) is 43.6 Å². The normalized spacial score (nSPS) is 13.2. The van der Waals surface area contributed by atoms with Gasteiger partial charge in [-0.2, -0.15) is 0 Å². The third-order valence-corrected chi connectivity index (χ3v) is 13.6. The highest BCUT2D eigenvalue weighted by Crippen LogP contribution is 2.46. The van der Waals surface area contributed by atoms with E-state index in [9.17, 15) is 0 Å². The van der Waals surface area contributed by atoms with Gasteiger partial charge in [-0.25, -0.2) is 15.0 Å². The Morgan fingerprint density at radius 1 is 0.456 bits per heavy atom. The number of hydrogen-bond acceptors (Lipinski definition) is 5. The molecule has 0 radical (unpaired) electrons. The Kier molecular flexibility index (Phi) is 7.37. The summed E-state index contributed by atoms with van der Waals surface area (Å²) < 4.78 is 7.48. The third kappa shape index (κ3) is 5.15. The summed E-state index contributed by atoms with van der Waals surface area (Å²) in [5.74, 6) is 2.13. The molecule has 57 heavy (non-hydrogen) atoms. The number of para-hydroxylation sites is 2. The van der Waals surface area contributed by atoms with Crippen LogP contribution in [0.1, 0.15) is 18.7 Å². The molecule has 12 rings (SSSR count). The molecule has 4 nitrogen and oxygen atoms in total. The summed E-state index contributed by atoms with van der Waals surface area (Å²) in [5, 5.41) is 7.51. The quantitative estimate of drug-likeness (QED) is 0.175. The fourth-order valence-electron chi connectivity index (χ4n) is 8.78. The summed E-state index contributed by atoms with van der Waals surface area (Å²) >= 11 is 3.70. The Morgan fingerprint density at radius 3 is 1.84 bits per heavy atom. The lowest BCUT2D eigenvalue weighted by Gasteiger charge is -2.13. The van der Waals surface area contributed by atoms with Crippen LogP contribution in [0.2, 0.25) is 0 Å². The number of rotatable bonds is 5. The van der Waals surface area contributed by atoms with E-state index in [2.05, 4.69) is 156 Å². The fraction of sp³-hybridized carbons (Fsp3) is 0.0392. The minimum absolute atomic E-state index is 0.691. The average Bonchev–Trinajstić information content (AvgIpc) is 3.96. The van der Waals surface area contributed by atoms with Gasteiger partial charge in [-0.05, 0) is 78.1 Å². The van der Waals surface area contributed by atoms with Gasteiger partial charge in [-0.15, -0.1) is 22.7 Å². The molecule has 0 unspecified atom stereocenters. The molecule has 0 N–H and O–H groups in total. The molecule has 4 aromatic heterocycles. The number of fused-ring (bicyclic) bond motifs is 9. The molecule has 11 aromatic rings. The molecule has 1 aliphatic carbocycles. The number of nitrogens with zero attached hydrogens (tertiary/aromatic N) is 4. The molecule has 0 bridgehead atoms. The van der Waals surface area contributed by atoms with E-state index in [0.29, 0.717) is 11.6 Å². The minimum atomic E-state index is 0.691. The Hall–Kier alpha value is -6.73. The molecule has 0 atom stereocenters. The predicted molar refractivity (Wildman–Crippen MR) is 243 cm³/mol. The van der Waals surface area contributed by atoms with Crippen molar-refractivity contribution < 1.29 is 0 Å². The first-order valence-corrected chi connectivity index (χ1v) is 21.0. The maximum absolute atomic E-state index is 5.22. The second-order valence-electron chi connectivity index (χ2n) is 14.6. The van der Waals surface area contributed by atoms with Crippen molar-refractivity contribution in [2.45, 2.75) is 12.8 Å². The summed E-state index contributed by atoms with van der Waals surface area (Å²) in [6.07, 6.45) is 8.34. The molecule has 0 fully saturated rings. The highest BCUT2D eigenvalue weighted by atomic mass is 32.1. The maximum Gasteiger partial charge on any atom is 0.164 e. The molecule has 0 saturated carbocycles. The van der Waals surface area contributed by atoms with Gasteiger partial charge >= 0.3 is 0 Å². The van der Waals surface area contributed by atoms with Crippen LogP contribution in [0.4, 0.5) is 0 Å². The molecular weight excluding hydrogens is 733 g/mol. The van der Waals surface area contributed by atoms with Crippen molar-refractivity contribution in [3.8, 4) is 39.6 Å². The molecule has 0 aliphatic heterocycles. The first-order valence-electron chi connectivity index (χ1n) is 19.3. The second-order valence-corrected chi connectivity index (χ2v) is 16.8. The van der Waals surface area contributed by atoms with E-state index in [-0.39, 0.29) is 0 Å². The average molecular weight is 765 g/mol. The predicted octanol–water partition coefficient (Wildman–Crippen LogP) is 14.4. The standard InChI is InChI=1S/C51H32N4S2/c1-3-14-31(15-4-1)49-52-50(32-16-5-2-6-17-32)54-51(53-49)37-21-12-26-45-48(37)47-34(20-11-25-44(47)57-45)33-28-29-42-38(30-33)46-41(24-13-27-43(46)56-42)55-39-22-9-7-18-35(39)36-19-8-10-23-40(36)55/h1-5,7-16,18-30H,6,17H2. The van der Waals surface area contributed by atoms with E-state index in [4.69, 9.17) is 15.0 Å². The largest absolute Gasteiger partial charge is 0.309 e. The van der Waals surface area contributed by atoms with Crippen molar-refractivity contribution in [3.63, 3.8) is 0 Å². The zero-order valence-electron chi connectivity index (χ0n) is 30.7. The van der Waals surface area contributed by atoms with Crippen LogP contribution in [0.5, 0.6) is 0 Å². The van der Waals surface area contributed by atoms with E-state index >= 15 is 0 Å². The van der Waals surface area contributed by atoms with Crippen LogP contribution >= 0.6 is 22.7 Å². The van der Waals surface area contributed by atoms with Gasteiger partial charge in [0.25, 0.3) is 0 Å². The zero-order chi connectivity index (χ0) is 37.5. The molecule has 0 saturated heterocycles. The van der Waals surface area contributed by atoms with E-state index in [1.54, 1.807) is 0 Å². The summed E-state index contributed by atoms with van der Waals surface area (Å²) in [7, 11) is 0. The van der Waals surface area contributed by atoms with Crippen LogP contribution in [-0.4, -0.2) is 19.5 Å². The Bertz CT molecular complexity index is 3420. The van der Waals surface area contributed by atoms with E-state index in [1.165, 1.54) is 79.0 Å². The SMILES string of the molecule is C1=CCCC(c2nc(-c3ccccc3)nc(-c3cccc4sc5cccc(-c6ccc7sc8cccc(-n9c%10ccccc%10c%10ccccc%109)c8c7c6)c5c34)n2)=C1. The zero-order valence-corrected chi connectivity index (χ0v) is 32.3. The molecule has 0 amide bonds. The Morgan fingerprint density at radius 2 is 1.09 bits per heavy atom. The van der Waals surface area contributed by atoms with E-state index in [1.807, 2.05) is 40.9 Å². The maximum atomic E-state index is 5.22. The Labute approximate surface area is 336 Å². The Balaban J connectivity index is 1.09. The van der Waals surface area contributed by atoms with Gasteiger partial charge in [-0.1, -0.05) is 121 Å². The highest BCUT2D eigenvalue weighted by molar-refractivity contribution is 7.26. The minimum Gasteiger partial charge on any atom is -0.309 e. The van der Waals surface area contributed by atoms with Crippen molar-refractivity contribution in [1.82, 2.24) is 19.5 Å². The smallest absolute Gasteiger partial charge is 0.164 e. The number of allylic oxidation sites excluding steroid dienone is 4. The summed E-state index contributed by atoms with van der Waals surface area (Å²) in [6, 6.07) is 54.9. The molecule has 1 aliphatic rings. The molecule has 4 heterocycles. The van der Waals surface area contributed by atoms with Gasteiger partial charge < -0.3 is 4.57 Å². The monoisotopic (exact) mass is 764 g/mol. The first kappa shape index (κ1) is 32.5. The van der Waals surface area contributed by atoms with Gasteiger partial charge in [0.2, 0.25) is 0 Å². The molecule has 268 valence electrons. The van der Waals surface area contributed by atoms with Crippen molar-refractivity contribution in [2.24, 2.45) is 0 Å². The van der Waals surface area contributed by atoms with Crippen molar-refractivity contribution in [1.29, 1.82) is 0 Å². The number of hydrogen-bond donors (Lipinski definition) is 0. The second kappa shape index (κ2) is 12.9. The molecule has 0 spiro atoms. The van der Waals surface area contributed by atoms with Crippen molar-refractivity contribution in [3.05, 3.63) is 176 Å². The van der Waals surface area contributed by atoms with Crippen molar-refractivity contribution >= 4 is 90.4 Å². The van der Waals surface area contributed by atoms with Crippen LogP contribution in [0.25, 0.3) is 107 Å². The van der Waals surface area contributed by atoms with Crippen LogP contribution < -0.4 is 0 Å². The first-order chi connectivity index (χ1) is 28.3. The molecule has 6 heteroatoms. The van der Waals surface area contributed by atoms with Gasteiger partial charge in [-0.3, -0.25) is 0 Å². The highest BCUT2D eigenvalue weighted by Gasteiger charge is 2.21. The van der Waals surface area contributed by atoms with Crippen LogP contribution in [0, 0.1) is 0 Å². The van der Waals surface area contributed by atoms with Crippen LogP contribution in [0.3, 0.4) is 0 Å². The van der Waals surface area contributed by atoms with E-state index in [0.717, 1.165) is 35.4 Å². The number of thiophene rings is 2. The van der Waals surface area contributed by atoms with Crippen LogP contribution in [-0.2, 0) is 0 Å². The van der Waals surface area contributed by atoms with Gasteiger partial charge in [0, 0.05) is 62.2 Å². The summed E-state index contributed by atoms with van der Waals surface area (Å²) in [5.41, 5.74) is 9.19. The summed E-state index contributed by atoms with van der Waals surface area (Å²) in [4.78, 5) is 15.4. The van der Waals surface area contributed by atoms with Crippen LogP contribution in [0.15, 0.2) is 170 Å². The van der Waals surface area contributed by atoms with Gasteiger partial charge in [0.05, 0.1) is 16.7 Å². The summed E-state index contributed by atoms with van der Waals surface area (Å²) in [6.45, 7) is 0. The van der Waals surface area contributed by atoms with Crippen molar-refractivity contribution in [2.75, 3.05) is 0 Å². The van der Waals surface area contributed by atoms with Gasteiger partial charge in [0.15, 0.2) is 17.5 Å². The molecule has 7 aromatic carbocycles. The molecular formula is C51H32N4S2. The van der Waals surface area contributed by atoms with Gasteiger partial charge in [0.1, 0.15) is 0 Å². The van der Waals surface area contributed by atoms with E-state index < -0.39 is 0 Å². The lowest BCUT2D eigenvalue weighted by Crippen LogP contribution is -2.03. The number of benzene rings is 7. The third-order valence-electron chi connectivity index (χ3n) is 11.3. The number of aromatic nitrogens is 4. The fourth-order valence-corrected chi connectivity index (χ4v) is 11.0. The lowest BCUT2D eigenvalue weighted by molar-refractivity contribution is 0.979. The lowest BCUT2D eigenvalue weighted by atomic mass is 9.96.